The Morgan fingerprint density at radius 1 is 1.22 bits per heavy atom. The lowest BCUT2D eigenvalue weighted by Gasteiger charge is -2.25. The number of furan rings is 1. The van der Waals surface area contributed by atoms with E-state index in [9.17, 15) is 9.18 Å². The van der Waals surface area contributed by atoms with E-state index in [1.165, 1.54) is 6.07 Å². The van der Waals surface area contributed by atoms with Crippen molar-refractivity contribution < 1.29 is 13.6 Å². The maximum Gasteiger partial charge on any atom is 0.236 e. The van der Waals surface area contributed by atoms with E-state index in [0.29, 0.717) is 31.2 Å². The van der Waals surface area contributed by atoms with Gasteiger partial charge in [-0.3, -0.25) is 9.69 Å². The summed E-state index contributed by atoms with van der Waals surface area (Å²) in [5, 5.41) is 0. The van der Waals surface area contributed by atoms with Crippen LogP contribution in [0.4, 0.5) is 4.39 Å². The molecule has 1 amide bonds. The van der Waals surface area contributed by atoms with E-state index in [0.717, 1.165) is 18.6 Å². The van der Waals surface area contributed by atoms with E-state index in [1.807, 2.05) is 18.2 Å². The summed E-state index contributed by atoms with van der Waals surface area (Å²) in [6.07, 6.45) is 3.75. The Morgan fingerprint density at radius 3 is 2.65 bits per heavy atom. The topological polar surface area (TPSA) is 36.7 Å². The molecule has 0 unspecified atom stereocenters. The van der Waals surface area contributed by atoms with Gasteiger partial charge in [-0.15, -0.1) is 0 Å². The van der Waals surface area contributed by atoms with Crippen molar-refractivity contribution in [1.29, 1.82) is 0 Å². The lowest BCUT2D eigenvalue weighted by atomic mass is 10.2. The summed E-state index contributed by atoms with van der Waals surface area (Å²) in [7, 11) is 1.76. The number of hydrogen-bond donors (Lipinski definition) is 0. The number of amides is 1. The maximum absolute atomic E-state index is 13.8. The summed E-state index contributed by atoms with van der Waals surface area (Å²) in [5.41, 5.74) is 0.640. The third kappa shape index (κ3) is 4.20. The molecule has 0 radical (unpaired) electrons. The van der Waals surface area contributed by atoms with Gasteiger partial charge in [0.1, 0.15) is 11.6 Å². The highest BCUT2D eigenvalue weighted by molar-refractivity contribution is 5.78. The third-order valence-corrected chi connectivity index (χ3v) is 4.13. The van der Waals surface area contributed by atoms with Crippen LogP contribution in [0, 0.1) is 5.82 Å². The first kappa shape index (κ1) is 15.7. The Kier molecular flexibility index (Phi) is 4.76. The summed E-state index contributed by atoms with van der Waals surface area (Å²) in [6, 6.07) is 10.8. The highest BCUT2D eigenvalue weighted by Crippen LogP contribution is 2.28. The maximum atomic E-state index is 13.8. The molecule has 0 bridgehead atoms. The van der Waals surface area contributed by atoms with Gasteiger partial charge in [-0.05, 0) is 31.0 Å². The third-order valence-electron chi connectivity index (χ3n) is 4.13. The molecule has 0 atom stereocenters. The van der Waals surface area contributed by atoms with Gasteiger partial charge in [-0.25, -0.2) is 4.39 Å². The summed E-state index contributed by atoms with van der Waals surface area (Å²) in [6.45, 7) is 1.22. The molecule has 23 heavy (non-hydrogen) atoms. The van der Waals surface area contributed by atoms with E-state index in [1.54, 1.807) is 30.3 Å². The van der Waals surface area contributed by atoms with Gasteiger partial charge in [0, 0.05) is 25.2 Å². The molecule has 1 aliphatic rings. The highest BCUT2D eigenvalue weighted by Gasteiger charge is 2.31. The second-order valence-corrected chi connectivity index (χ2v) is 6.06. The molecule has 1 aliphatic carbocycles. The first-order valence-corrected chi connectivity index (χ1v) is 7.87. The molecule has 1 heterocycles. The van der Waals surface area contributed by atoms with Crippen molar-refractivity contribution in [2.75, 3.05) is 13.6 Å². The smallest absolute Gasteiger partial charge is 0.236 e. The van der Waals surface area contributed by atoms with Crippen molar-refractivity contribution in [3.8, 4) is 0 Å². The standard InChI is InChI=1S/C18H21FN2O2/c1-20(12-16-6-4-10-23-16)18(22)13-21(15-8-9-15)11-14-5-2-3-7-17(14)19/h2-7,10,15H,8-9,11-13H2,1H3. The number of nitrogens with zero attached hydrogens (tertiary/aromatic N) is 2. The van der Waals surface area contributed by atoms with Gasteiger partial charge in [0.2, 0.25) is 5.91 Å². The minimum absolute atomic E-state index is 0.0182. The van der Waals surface area contributed by atoms with Gasteiger partial charge in [0.05, 0.1) is 19.4 Å². The second-order valence-electron chi connectivity index (χ2n) is 6.06. The zero-order valence-corrected chi connectivity index (χ0v) is 13.2. The Bertz CT molecular complexity index is 653. The van der Waals surface area contributed by atoms with Gasteiger partial charge in [0.15, 0.2) is 0 Å². The first-order chi connectivity index (χ1) is 11.1. The van der Waals surface area contributed by atoms with Crippen molar-refractivity contribution in [3.05, 3.63) is 59.8 Å². The molecular formula is C18H21FN2O2. The van der Waals surface area contributed by atoms with Crippen molar-refractivity contribution >= 4 is 5.91 Å². The van der Waals surface area contributed by atoms with Crippen molar-refractivity contribution in [2.45, 2.75) is 32.0 Å². The van der Waals surface area contributed by atoms with Crippen LogP contribution in [0.15, 0.2) is 47.1 Å². The molecule has 2 aromatic rings. The average Bonchev–Trinajstić information content (AvgIpc) is 3.26. The molecule has 1 saturated carbocycles. The van der Waals surface area contributed by atoms with Gasteiger partial charge < -0.3 is 9.32 Å². The number of likely N-dealkylation sites (N-methyl/N-ethyl adjacent to an activating group) is 1. The first-order valence-electron chi connectivity index (χ1n) is 7.87. The van der Waals surface area contributed by atoms with Crippen LogP contribution < -0.4 is 0 Å². The van der Waals surface area contributed by atoms with Crippen LogP contribution in [0.3, 0.4) is 0 Å². The van der Waals surface area contributed by atoms with E-state index in [-0.39, 0.29) is 11.7 Å². The molecule has 0 aliphatic heterocycles. The Morgan fingerprint density at radius 2 is 2.00 bits per heavy atom. The van der Waals surface area contributed by atoms with Gasteiger partial charge in [0.25, 0.3) is 0 Å². The molecule has 3 rings (SSSR count). The minimum Gasteiger partial charge on any atom is -0.467 e. The summed E-state index contributed by atoms with van der Waals surface area (Å²) < 4.78 is 19.1. The number of halogens is 1. The molecule has 1 fully saturated rings. The Hall–Kier alpha value is -2.14. The van der Waals surface area contributed by atoms with Crippen LogP contribution in [0.25, 0.3) is 0 Å². The predicted octanol–water partition coefficient (Wildman–Crippen LogP) is 3.04. The Labute approximate surface area is 135 Å². The van der Waals surface area contributed by atoms with Crippen LogP contribution in [0.2, 0.25) is 0 Å². The normalized spacial score (nSPS) is 14.2. The van der Waals surface area contributed by atoms with Gasteiger partial charge in [-0.2, -0.15) is 0 Å². The molecule has 0 saturated heterocycles. The number of carbonyl (C=O) groups is 1. The average molecular weight is 316 g/mol. The summed E-state index contributed by atoms with van der Waals surface area (Å²) in [4.78, 5) is 16.2. The molecule has 1 aromatic heterocycles. The zero-order chi connectivity index (χ0) is 16.2. The number of hydrogen-bond acceptors (Lipinski definition) is 3. The molecule has 1 aromatic carbocycles. The van der Waals surface area contributed by atoms with Crippen LogP contribution >= 0.6 is 0 Å². The minimum atomic E-state index is -0.213. The second kappa shape index (κ2) is 6.96. The molecular weight excluding hydrogens is 295 g/mol. The SMILES string of the molecule is CN(Cc1ccco1)C(=O)CN(Cc1ccccc1F)C1CC1. The summed E-state index contributed by atoms with van der Waals surface area (Å²) >= 11 is 0. The lowest BCUT2D eigenvalue weighted by Crippen LogP contribution is -2.39. The van der Waals surface area contributed by atoms with Crippen LogP contribution in [0.5, 0.6) is 0 Å². The van der Waals surface area contributed by atoms with Crippen LogP contribution in [-0.4, -0.2) is 35.3 Å². The zero-order valence-electron chi connectivity index (χ0n) is 13.2. The monoisotopic (exact) mass is 316 g/mol. The fraction of sp³-hybridized carbons (Fsp3) is 0.389. The van der Waals surface area contributed by atoms with E-state index >= 15 is 0 Å². The van der Waals surface area contributed by atoms with Gasteiger partial charge >= 0.3 is 0 Å². The molecule has 4 nitrogen and oxygen atoms in total. The van der Waals surface area contributed by atoms with E-state index < -0.39 is 0 Å². The number of carbonyl (C=O) groups excluding carboxylic acids is 1. The molecule has 0 spiro atoms. The quantitative estimate of drug-likeness (QED) is 0.788. The number of benzene rings is 1. The van der Waals surface area contributed by atoms with Crippen molar-refractivity contribution in [1.82, 2.24) is 9.80 Å². The van der Waals surface area contributed by atoms with E-state index in [4.69, 9.17) is 4.42 Å². The van der Waals surface area contributed by atoms with Crippen molar-refractivity contribution in [3.63, 3.8) is 0 Å². The summed E-state index contributed by atoms with van der Waals surface area (Å²) in [5.74, 6) is 0.562. The van der Waals surface area contributed by atoms with Crippen LogP contribution in [-0.2, 0) is 17.9 Å². The molecule has 0 N–H and O–H groups in total. The van der Waals surface area contributed by atoms with Crippen LogP contribution in [0.1, 0.15) is 24.2 Å². The van der Waals surface area contributed by atoms with Crippen molar-refractivity contribution in [2.24, 2.45) is 0 Å². The lowest BCUT2D eigenvalue weighted by molar-refractivity contribution is -0.132. The fourth-order valence-electron chi connectivity index (χ4n) is 2.62. The fourth-order valence-corrected chi connectivity index (χ4v) is 2.62. The predicted molar refractivity (Wildman–Crippen MR) is 85.0 cm³/mol. The van der Waals surface area contributed by atoms with Gasteiger partial charge in [-0.1, -0.05) is 18.2 Å². The largest absolute Gasteiger partial charge is 0.467 e. The van der Waals surface area contributed by atoms with E-state index in [2.05, 4.69) is 4.90 Å². The molecule has 122 valence electrons. The Balaban J connectivity index is 1.61. The number of rotatable bonds is 7. The molecule has 5 heteroatoms. The highest BCUT2D eigenvalue weighted by atomic mass is 19.1.